The van der Waals surface area contributed by atoms with Gasteiger partial charge in [-0.3, -0.25) is 4.79 Å². The first kappa shape index (κ1) is 11.9. The zero-order chi connectivity index (χ0) is 11.6. The van der Waals surface area contributed by atoms with Crippen LogP contribution in [0.3, 0.4) is 0 Å². The van der Waals surface area contributed by atoms with E-state index in [9.17, 15) is 13.6 Å². The van der Waals surface area contributed by atoms with Crippen molar-refractivity contribution < 1.29 is 18.3 Å². The van der Waals surface area contributed by atoms with Gasteiger partial charge in [-0.05, 0) is 35.0 Å². The van der Waals surface area contributed by atoms with Gasteiger partial charge in [0.2, 0.25) is 0 Å². The van der Waals surface area contributed by atoms with Crippen molar-refractivity contribution in [2.45, 2.75) is 13.5 Å². The quantitative estimate of drug-likeness (QED) is 0.684. The van der Waals surface area contributed by atoms with Crippen LogP contribution in [0.25, 0.3) is 0 Å². The largest absolute Gasteiger partial charge is 0.434 e. The SMILES string of the molecule is CC(=O)c1c(OC(F)F)ccc(N)c1Br. The van der Waals surface area contributed by atoms with Crippen LogP contribution in [0.2, 0.25) is 0 Å². The second-order valence-electron chi connectivity index (χ2n) is 2.78. The number of benzene rings is 1. The molecular formula is C9H8BrF2NO2. The minimum atomic E-state index is -2.97. The van der Waals surface area contributed by atoms with Crippen LogP contribution in [0.1, 0.15) is 17.3 Å². The molecule has 0 amide bonds. The molecule has 0 spiro atoms. The van der Waals surface area contributed by atoms with Crippen molar-refractivity contribution in [1.29, 1.82) is 0 Å². The molecule has 0 atom stereocenters. The highest BCUT2D eigenvalue weighted by atomic mass is 79.9. The standard InChI is InChI=1S/C9H8BrF2NO2/c1-4(14)7-6(15-9(11)12)3-2-5(13)8(7)10/h2-3,9H,13H2,1H3. The van der Waals surface area contributed by atoms with Crippen molar-refractivity contribution in [3.05, 3.63) is 22.2 Å². The molecule has 0 unspecified atom stereocenters. The molecule has 15 heavy (non-hydrogen) atoms. The van der Waals surface area contributed by atoms with Crippen LogP contribution in [-0.4, -0.2) is 12.4 Å². The Morgan fingerprint density at radius 2 is 2.13 bits per heavy atom. The number of rotatable bonds is 3. The lowest BCUT2D eigenvalue weighted by Gasteiger charge is -2.11. The van der Waals surface area contributed by atoms with Crippen molar-refractivity contribution in [2.24, 2.45) is 0 Å². The third-order valence-electron chi connectivity index (χ3n) is 1.70. The van der Waals surface area contributed by atoms with Crippen LogP contribution in [0, 0.1) is 0 Å². The Morgan fingerprint density at radius 1 is 1.53 bits per heavy atom. The summed E-state index contributed by atoms with van der Waals surface area (Å²) in [7, 11) is 0. The van der Waals surface area contributed by atoms with Gasteiger partial charge in [0.05, 0.1) is 10.0 Å². The van der Waals surface area contributed by atoms with E-state index in [2.05, 4.69) is 20.7 Å². The lowest BCUT2D eigenvalue weighted by atomic mass is 10.1. The smallest absolute Gasteiger partial charge is 0.387 e. The molecule has 6 heteroatoms. The highest BCUT2D eigenvalue weighted by Crippen LogP contribution is 2.33. The van der Waals surface area contributed by atoms with E-state index >= 15 is 0 Å². The highest BCUT2D eigenvalue weighted by Gasteiger charge is 2.17. The molecule has 0 aliphatic rings. The fourth-order valence-corrected chi connectivity index (χ4v) is 1.70. The fraction of sp³-hybridized carbons (Fsp3) is 0.222. The highest BCUT2D eigenvalue weighted by molar-refractivity contribution is 9.10. The fourth-order valence-electron chi connectivity index (χ4n) is 1.10. The van der Waals surface area contributed by atoms with Gasteiger partial charge < -0.3 is 10.5 Å². The summed E-state index contributed by atoms with van der Waals surface area (Å²) in [6.07, 6.45) is 0. The van der Waals surface area contributed by atoms with Gasteiger partial charge in [-0.1, -0.05) is 0 Å². The summed E-state index contributed by atoms with van der Waals surface area (Å²) in [5.41, 5.74) is 5.83. The van der Waals surface area contributed by atoms with Crippen molar-refractivity contribution in [2.75, 3.05) is 5.73 Å². The van der Waals surface area contributed by atoms with Gasteiger partial charge in [0.1, 0.15) is 5.75 Å². The number of hydrogen-bond donors (Lipinski definition) is 1. The Bertz CT molecular complexity index is 396. The third kappa shape index (κ3) is 2.65. The molecule has 0 bridgehead atoms. The van der Waals surface area contributed by atoms with E-state index in [1.54, 1.807) is 0 Å². The summed E-state index contributed by atoms with van der Waals surface area (Å²) in [6.45, 7) is -1.73. The molecule has 0 saturated carbocycles. The maximum Gasteiger partial charge on any atom is 0.387 e. The van der Waals surface area contributed by atoms with Crippen molar-refractivity contribution in [3.63, 3.8) is 0 Å². The maximum absolute atomic E-state index is 12.0. The number of ether oxygens (including phenoxy) is 1. The van der Waals surface area contributed by atoms with Gasteiger partial charge in [-0.15, -0.1) is 0 Å². The van der Waals surface area contributed by atoms with Crippen LogP contribution in [0.15, 0.2) is 16.6 Å². The first-order chi connectivity index (χ1) is 6.93. The van der Waals surface area contributed by atoms with Crippen molar-refractivity contribution >= 4 is 27.4 Å². The summed E-state index contributed by atoms with van der Waals surface area (Å²) in [5, 5.41) is 0. The number of ketones is 1. The van der Waals surface area contributed by atoms with Crippen LogP contribution in [-0.2, 0) is 0 Å². The molecule has 1 aromatic rings. The predicted octanol–water partition coefficient (Wildman–Crippen LogP) is 2.84. The normalized spacial score (nSPS) is 10.5. The van der Waals surface area contributed by atoms with Crippen LogP contribution in [0.5, 0.6) is 5.75 Å². The zero-order valence-electron chi connectivity index (χ0n) is 7.76. The van der Waals surface area contributed by atoms with E-state index in [0.717, 1.165) is 0 Å². The molecule has 1 rings (SSSR count). The molecular weight excluding hydrogens is 272 g/mol. The second-order valence-corrected chi connectivity index (χ2v) is 3.57. The van der Waals surface area contributed by atoms with Crippen LogP contribution in [0.4, 0.5) is 14.5 Å². The molecule has 0 aliphatic carbocycles. The number of carbonyl (C=O) groups is 1. The average molecular weight is 280 g/mol. The Kier molecular flexibility index (Phi) is 3.62. The topological polar surface area (TPSA) is 52.3 Å². The van der Waals surface area contributed by atoms with Crippen LogP contribution >= 0.6 is 15.9 Å². The summed E-state index contributed by atoms with van der Waals surface area (Å²) in [4.78, 5) is 11.2. The van der Waals surface area contributed by atoms with E-state index < -0.39 is 12.4 Å². The first-order valence-electron chi connectivity index (χ1n) is 3.97. The minimum Gasteiger partial charge on any atom is -0.434 e. The number of anilines is 1. The molecule has 0 saturated heterocycles. The Balaban J connectivity index is 3.27. The molecule has 2 N–H and O–H groups in total. The van der Waals surface area contributed by atoms with E-state index in [1.165, 1.54) is 19.1 Å². The van der Waals surface area contributed by atoms with Crippen LogP contribution < -0.4 is 10.5 Å². The predicted molar refractivity (Wildman–Crippen MR) is 55.2 cm³/mol. The van der Waals surface area contributed by atoms with Gasteiger partial charge >= 0.3 is 6.61 Å². The number of hydrogen-bond acceptors (Lipinski definition) is 3. The molecule has 0 fully saturated rings. The Labute approximate surface area is 93.3 Å². The Morgan fingerprint density at radius 3 is 2.60 bits per heavy atom. The lowest BCUT2D eigenvalue weighted by Crippen LogP contribution is -2.08. The summed E-state index contributed by atoms with van der Waals surface area (Å²) < 4.78 is 28.5. The van der Waals surface area contributed by atoms with E-state index in [-0.39, 0.29) is 15.8 Å². The second kappa shape index (κ2) is 4.57. The van der Waals surface area contributed by atoms with E-state index in [4.69, 9.17) is 5.73 Å². The van der Waals surface area contributed by atoms with Gasteiger partial charge in [0.15, 0.2) is 5.78 Å². The van der Waals surface area contributed by atoms with Gasteiger partial charge in [-0.25, -0.2) is 0 Å². The number of nitrogen functional groups attached to an aromatic ring is 1. The molecule has 0 aliphatic heterocycles. The van der Waals surface area contributed by atoms with Crippen molar-refractivity contribution in [3.8, 4) is 5.75 Å². The summed E-state index contributed by atoms with van der Waals surface area (Å²) in [5.74, 6) is -0.580. The van der Waals surface area contributed by atoms with Gasteiger partial charge in [0.25, 0.3) is 0 Å². The molecule has 0 heterocycles. The third-order valence-corrected chi connectivity index (χ3v) is 2.56. The number of nitrogens with two attached hydrogens (primary N) is 1. The monoisotopic (exact) mass is 279 g/mol. The molecule has 0 aromatic heterocycles. The molecule has 82 valence electrons. The summed E-state index contributed by atoms with van der Waals surface area (Å²) in [6, 6.07) is 2.62. The van der Waals surface area contributed by atoms with Gasteiger partial charge in [0, 0.05) is 5.69 Å². The lowest BCUT2D eigenvalue weighted by molar-refractivity contribution is -0.0501. The number of halogens is 3. The van der Waals surface area contributed by atoms with E-state index in [1.807, 2.05) is 0 Å². The zero-order valence-corrected chi connectivity index (χ0v) is 9.35. The van der Waals surface area contributed by atoms with Gasteiger partial charge in [-0.2, -0.15) is 8.78 Å². The number of alkyl halides is 2. The number of Topliss-reactive ketones (excluding diaryl/α,β-unsaturated/α-hetero) is 1. The molecule has 3 nitrogen and oxygen atoms in total. The Hall–Kier alpha value is -1.17. The summed E-state index contributed by atoms with van der Waals surface area (Å²) >= 11 is 3.05. The van der Waals surface area contributed by atoms with E-state index in [0.29, 0.717) is 5.69 Å². The maximum atomic E-state index is 12.0. The van der Waals surface area contributed by atoms with Crippen molar-refractivity contribution in [1.82, 2.24) is 0 Å². The number of carbonyl (C=O) groups excluding carboxylic acids is 1. The first-order valence-corrected chi connectivity index (χ1v) is 4.76. The molecule has 1 aromatic carbocycles. The average Bonchev–Trinajstić information content (AvgIpc) is 2.10. The minimum absolute atomic E-state index is 0.0234. The molecule has 0 radical (unpaired) electrons.